The van der Waals surface area contributed by atoms with Gasteiger partial charge in [-0.2, -0.15) is 0 Å². The van der Waals surface area contributed by atoms with E-state index < -0.39 is 0 Å². The molecule has 1 N–H and O–H groups in total. The highest BCUT2D eigenvalue weighted by Crippen LogP contribution is 2.34. The Morgan fingerprint density at radius 1 is 1.04 bits per heavy atom. The molecule has 1 amide bonds. The number of rotatable bonds is 2. The number of fused-ring (bicyclic) bond motifs is 2. The lowest BCUT2D eigenvalue weighted by Gasteiger charge is -2.38. The van der Waals surface area contributed by atoms with E-state index in [-0.39, 0.29) is 24.0 Å². The first-order valence-corrected chi connectivity index (χ1v) is 9.91. The third kappa shape index (κ3) is 3.20. The van der Waals surface area contributed by atoms with Crippen LogP contribution in [0.15, 0.2) is 60.7 Å². The standard InChI is InChI=1S/C25H27NO2/c1-25(2,3)23-13-7-10-18-15-26(19(16-27)14-22(18)23)24(28)21-12-6-9-17-8-4-5-11-20(17)21/h4-13,19,27H,14-16H2,1-3H3. The van der Waals surface area contributed by atoms with E-state index in [4.69, 9.17) is 0 Å². The highest BCUT2D eigenvalue weighted by atomic mass is 16.3. The van der Waals surface area contributed by atoms with Crippen LogP contribution in [0.2, 0.25) is 0 Å². The minimum atomic E-state index is -0.206. The maximum atomic E-state index is 13.5. The summed E-state index contributed by atoms with van der Waals surface area (Å²) in [7, 11) is 0. The van der Waals surface area contributed by atoms with Crippen molar-refractivity contribution >= 4 is 16.7 Å². The molecule has 0 radical (unpaired) electrons. The van der Waals surface area contributed by atoms with E-state index in [1.807, 2.05) is 47.4 Å². The van der Waals surface area contributed by atoms with Crippen LogP contribution in [0.4, 0.5) is 0 Å². The van der Waals surface area contributed by atoms with Gasteiger partial charge >= 0.3 is 0 Å². The van der Waals surface area contributed by atoms with Gasteiger partial charge < -0.3 is 10.0 Å². The predicted molar refractivity (Wildman–Crippen MR) is 114 cm³/mol. The van der Waals surface area contributed by atoms with Crippen LogP contribution in [0.3, 0.4) is 0 Å². The second kappa shape index (κ2) is 7.06. The van der Waals surface area contributed by atoms with Gasteiger partial charge in [-0.3, -0.25) is 4.79 Å². The van der Waals surface area contributed by atoms with Crippen LogP contribution in [-0.2, 0) is 18.4 Å². The van der Waals surface area contributed by atoms with Crippen LogP contribution in [0.25, 0.3) is 10.8 Å². The Balaban J connectivity index is 1.76. The maximum absolute atomic E-state index is 13.5. The first-order valence-electron chi connectivity index (χ1n) is 9.91. The zero-order valence-electron chi connectivity index (χ0n) is 16.8. The van der Waals surface area contributed by atoms with Crippen LogP contribution >= 0.6 is 0 Å². The van der Waals surface area contributed by atoms with E-state index in [9.17, 15) is 9.90 Å². The molecule has 3 aromatic carbocycles. The van der Waals surface area contributed by atoms with Gasteiger partial charge in [0.05, 0.1) is 12.6 Å². The van der Waals surface area contributed by atoms with Crippen molar-refractivity contribution in [2.75, 3.05) is 6.61 Å². The third-order valence-electron chi connectivity index (χ3n) is 5.79. The summed E-state index contributed by atoms with van der Waals surface area (Å²) in [5, 5.41) is 12.1. The van der Waals surface area contributed by atoms with Crippen LogP contribution in [0.1, 0.15) is 47.8 Å². The minimum absolute atomic E-state index is 0.0114. The molecule has 1 aliphatic heterocycles. The van der Waals surface area contributed by atoms with Crippen molar-refractivity contribution in [2.24, 2.45) is 0 Å². The van der Waals surface area contributed by atoms with E-state index in [0.717, 1.165) is 10.8 Å². The van der Waals surface area contributed by atoms with E-state index in [0.29, 0.717) is 18.5 Å². The molecule has 1 atom stereocenters. The van der Waals surface area contributed by atoms with E-state index in [2.05, 4.69) is 39.0 Å². The average Bonchev–Trinajstić information content (AvgIpc) is 2.70. The summed E-state index contributed by atoms with van der Waals surface area (Å²) in [6, 6.07) is 20.0. The zero-order valence-corrected chi connectivity index (χ0v) is 16.8. The molecule has 0 spiro atoms. The van der Waals surface area contributed by atoms with Crippen molar-refractivity contribution in [1.29, 1.82) is 0 Å². The van der Waals surface area contributed by atoms with E-state index in [1.165, 1.54) is 16.7 Å². The molecule has 0 aromatic heterocycles. The highest BCUT2D eigenvalue weighted by molar-refractivity contribution is 6.07. The molecule has 28 heavy (non-hydrogen) atoms. The first-order chi connectivity index (χ1) is 13.4. The average molecular weight is 373 g/mol. The van der Waals surface area contributed by atoms with Gasteiger partial charge in [0.25, 0.3) is 5.91 Å². The Hall–Kier alpha value is -2.65. The quantitative estimate of drug-likeness (QED) is 0.707. The molecular weight excluding hydrogens is 346 g/mol. The fraction of sp³-hybridized carbons (Fsp3) is 0.320. The molecule has 3 aromatic rings. The number of hydrogen-bond donors (Lipinski definition) is 1. The number of hydrogen-bond acceptors (Lipinski definition) is 2. The van der Waals surface area contributed by atoms with Crippen molar-refractivity contribution in [3.8, 4) is 0 Å². The Morgan fingerprint density at radius 3 is 2.50 bits per heavy atom. The fourth-order valence-electron chi connectivity index (χ4n) is 4.35. The van der Waals surface area contributed by atoms with Crippen LogP contribution in [-0.4, -0.2) is 28.6 Å². The summed E-state index contributed by atoms with van der Waals surface area (Å²) in [5.74, 6) is -0.0114. The summed E-state index contributed by atoms with van der Waals surface area (Å²) in [5.41, 5.74) is 4.52. The molecule has 0 bridgehead atoms. The van der Waals surface area contributed by atoms with Crippen molar-refractivity contribution in [2.45, 2.75) is 45.2 Å². The SMILES string of the molecule is CC(C)(C)c1cccc2c1CC(CO)N(C(=O)c1cccc3ccccc13)C2. The fourth-order valence-corrected chi connectivity index (χ4v) is 4.35. The molecule has 3 nitrogen and oxygen atoms in total. The molecule has 0 saturated heterocycles. The largest absolute Gasteiger partial charge is 0.394 e. The smallest absolute Gasteiger partial charge is 0.255 e. The molecule has 1 aliphatic rings. The molecule has 1 heterocycles. The van der Waals surface area contributed by atoms with Crippen molar-refractivity contribution in [3.63, 3.8) is 0 Å². The number of nitrogens with zero attached hydrogens (tertiary/aromatic N) is 1. The molecule has 0 fully saturated rings. The molecule has 0 aliphatic carbocycles. The topological polar surface area (TPSA) is 40.5 Å². The van der Waals surface area contributed by atoms with E-state index in [1.54, 1.807) is 0 Å². The van der Waals surface area contributed by atoms with Crippen LogP contribution in [0.5, 0.6) is 0 Å². The minimum Gasteiger partial charge on any atom is -0.394 e. The second-order valence-electron chi connectivity index (χ2n) is 8.69. The number of aliphatic hydroxyl groups is 1. The number of carbonyl (C=O) groups excluding carboxylic acids is 1. The summed E-state index contributed by atoms with van der Waals surface area (Å²) in [4.78, 5) is 15.3. The summed E-state index contributed by atoms with van der Waals surface area (Å²) in [6.07, 6.45) is 0.690. The van der Waals surface area contributed by atoms with Gasteiger partial charge in [0.15, 0.2) is 0 Å². The predicted octanol–water partition coefficient (Wildman–Crippen LogP) is 4.70. The number of aliphatic hydroxyl groups excluding tert-OH is 1. The molecular formula is C25H27NO2. The van der Waals surface area contributed by atoms with Gasteiger partial charge in [-0.05, 0) is 45.4 Å². The lowest BCUT2D eigenvalue weighted by Crippen LogP contribution is -2.47. The number of benzene rings is 3. The molecule has 3 heteroatoms. The van der Waals surface area contributed by atoms with Crippen molar-refractivity contribution in [1.82, 2.24) is 4.90 Å². The Labute approximate surface area is 166 Å². The monoisotopic (exact) mass is 373 g/mol. The second-order valence-corrected chi connectivity index (χ2v) is 8.69. The van der Waals surface area contributed by atoms with Crippen molar-refractivity contribution < 1.29 is 9.90 Å². The Kier molecular flexibility index (Phi) is 4.72. The zero-order chi connectivity index (χ0) is 19.9. The molecule has 0 saturated carbocycles. The Bertz CT molecular complexity index is 1030. The summed E-state index contributed by atoms with van der Waals surface area (Å²) >= 11 is 0. The highest BCUT2D eigenvalue weighted by Gasteiger charge is 2.33. The van der Waals surface area contributed by atoms with Gasteiger partial charge in [0.1, 0.15) is 0 Å². The van der Waals surface area contributed by atoms with E-state index >= 15 is 0 Å². The third-order valence-corrected chi connectivity index (χ3v) is 5.79. The van der Waals surface area contributed by atoms with Gasteiger partial charge in [0.2, 0.25) is 0 Å². The van der Waals surface area contributed by atoms with Gasteiger partial charge in [0, 0.05) is 12.1 Å². The number of carbonyl (C=O) groups is 1. The maximum Gasteiger partial charge on any atom is 0.255 e. The number of amides is 1. The van der Waals surface area contributed by atoms with Gasteiger partial charge in [-0.25, -0.2) is 0 Å². The summed E-state index contributed by atoms with van der Waals surface area (Å²) < 4.78 is 0. The van der Waals surface area contributed by atoms with Gasteiger partial charge in [-0.1, -0.05) is 75.4 Å². The normalized spacial score (nSPS) is 16.9. The molecule has 4 rings (SSSR count). The molecule has 1 unspecified atom stereocenters. The first kappa shape index (κ1) is 18.7. The van der Waals surface area contributed by atoms with Crippen molar-refractivity contribution in [3.05, 3.63) is 82.9 Å². The van der Waals surface area contributed by atoms with Gasteiger partial charge in [-0.15, -0.1) is 0 Å². The molecule has 144 valence electrons. The Morgan fingerprint density at radius 2 is 1.75 bits per heavy atom. The van der Waals surface area contributed by atoms with Crippen LogP contribution in [0, 0.1) is 0 Å². The summed E-state index contributed by atoms with van der Waals surface area (Å²) in [6.45, 7) is 7.14. The van der Waals surface area contributed by atoms with Crippen LogP contribution < -0.4 is 0 Å². The lowest BCUT2D eigenvalue weighted by atomic mass is 9.78. The lowest BCUT2D eigenvalue weighted by molar-refractivity contribution is 0.0545.